The molecule has 0 aliphatic heterocycles. The molecule has 0 aromatic carbocycles. The van der Waals surface area contributed by atoms with Crippen LogP contribution in [-0.2, 0) is 4.79 Å². The topological polar surface area (TPSA) is 17.1 Å². The van der Waals surface area contributed by atoms with Crippen LogP contribution in [0.25, 0.3) is 0 Å². The van der Waals surface area contributed by atoms with Gasteiger partial charge in [0, 0.05) is 5.41 Å². The molecule has 0 saturated heterocycles. The van der Waals surface area contributed by atoms with E-state index in [0.29, 0.717) is 0 Å². The van der Waals surface area contributed by atoms with E-state index in [9.17, 15) is 4.79 Å². The maximum atomic E-state index is 9.76. The van der Waals surface area contributed by atoms with Crippen molar-refractivity contribution in [1.82, 2.24) is 0 Å². The van der Waals surface area contributed by atoms with E-state index in [1.165, 1.54) is 0 Å². The summed E-state index contributed by atoms with van der Waals surface area (Å²) in [5, 5.41) is 0. The lowest BCUT2D eigenvalue weighted by atomic mass is 10.2. The number of rotatable bonds is 1. The Morgan fingerprint density at radius 2 is 2.17 bits per heavy atom. The molecule has 1 radical (unpaired) electrons. The monoisotopic (exact) mass is 83.0 g/mol. The molecular formula is C5H7O. The quantitative estimate of drug-likeness (QED) is 0.460. The fourth-order valence-corrected chi connectivity index (χ4v) is 0.290. The lowest BCUT2D eigenvalue weighted by molar-refractivity contribution is 0.526. The van der Waals surface area contributed by atoms with Gasteiger partial charge >= 0.3 is 0 Å². The first kappa shape index (κ1) is 3.85. The van der Waals surface area contributed by atoms with Crippen molar-refractivity contribution >= 4 is 6.29 Å². The summed E-state index contributed by atoms with van der Waals surface area (Å²) < 4.78 is 0. The average Bonchev–Trinajstić information content (AvgIpc) is 2.22. The van der Waals surface area contributed by atoms with Gasteiger partial charge in [0.1, 0.15) is 0 Å². The summed E-state index contributed by atoms with van der Waals surface area (Å²) in [6, 6.07) is 0. The first-order valence-corrected chi connectivity index (χ1v) is 2.16. The molecule has 1 aliphatic rings. The summed E-state index contributed by atoms with van der Waals surface area (Å²) in [6.07, 6.45) is 4.07. The van der Waals surface area contributed by atoms with Gasteiger partial charge in [-0.2, -0.15) is 0 Å². The molecule has 0 aromatic rings. The third-order valence-corrected chi connectivity index (χ3v) is 1.25. The second-order valence-corrected chi connectivity index (χ2v) is 2.16. The summed E-state index contributed by atoms with van der Waals surface area (Å²) in [5.41, 5.74) is -0.0139. The summed E-state index contributed by atoms with van der Waals surface area (Å²) in [6.45, 7) is 1.93. The Morgan fingerprint density at radius 3 is 2.17 bits per heavy atom. The largest absolute Gasteiger partial charge is 0.290 e. The molecule has 0 bridgehead atoms. The average molecular weight is 83.1 g/mol. The number of carbonyl (C=O) groups excluding carboxylic acids is 1. The van der Waals surface area contributed by atoms with Gasteiger partial charge in [0.2, 0.25) is 6.29 Å². The fourth-order valence-electron chi connectivity index (χ4n) is 0.290. The lowest BCUT2D eigenvalue weighted by Gasteiger charge is -1.83. The Hall–Kier alpha value is -0.330. The molecule has 0 spiro atoms. The number of hydrogen-bond acceptors (Lipinski definition) is 1. The Balaban J connectivity index is 2.47. The van der Waals surface area contributed by atoms with Crippen LogP contribution in [0.1, 0.15) is 19.8 Å². The molecule has 0 aromatic heterocycles. The molecule has 33 valence electrons. The molecule has 1 nitrogen and oxygen atoms in total. The summed E-state index contributed by atoms with van der Waals surface area (Å²) in [4.78, 5) is 9.76. The second-order valence-electron chi connectivity index (χ2n) is 2.16. The van der Waals surface area contributed by atoms with Crippen LogP contribution in [0.15, 0.2) is 0 Å². The highest BCUT2D eigenvalue weighted by Crippen LogP contribution is 2.42. The van der Waals surface area contributed by atoms with Gasteiger partial charge in [-0.05, 0) is 12.8 Å². The highest BCUT2D eigenvalue weighted by Gasteiger charge is 2.37. The molecule has 0 heterocycles. The molecule has 0 N–H and O–H groups in total. The normalized spacial score (nSPS) is 26.2. The van der Waals surface area contributed by atoms with E-state index in [4.69, 9.17) is 0 Å². The van der Waals surface area contributed by atoms with Crippen molar-refractivity contribution < 1.29 is 4.79 Å². The molecule has 1 saturated carbocycles. The van der Waals surface area contributed by atoms with E-state index in [0.717, 1.165) is 12.8 Å². The van der Waals surface area contributed by atoms with Crippen LogP contribution in [-0.4, -0.2) is 6.29 Å². The fraction of sp³-hybridized carbons (Fsp3) is 0.800. The van der Waals surface area contributed by atoms with Crippen molar-refractivity contribution in [2.24, 2.45) is 5.41 Å². The van der Waals surface area contributed by atoms with Gasteiger partial charge in [-0.25, -0.2) is 0 Å². The number of hydrogen-bond donors (Lipinski definition) is 0. The Morgan fingerprint density at radius 1 is 1.67 bits per heavy atom. The molecule has 1 aliphatic carbocycles. The van der Waals surface area contributed by atoms with Crippen molar-refractivity contribution in [3.63, 3.8) is 0 Å². The van der Waals surface area contributed by atoms with Crippen LogP contribution >= 0.6 is 0 Å². The van der Waals surface area contributed by atoms with Crippen molar-refractivity contribution in [3.05, 3.63) is 0 Å². The van der Waals surface area contributed by atoms with E-state index in [1.54, 1.807) is 0 Å². The van der Waals surface area contributed by atoms with Gasteiger partial charge in [0.25, 0.3) is 0 Å². The van der Waals surface area contributed by atoms with Crippen molar-refractivity contribution in [2.75, 3.05) is 0 Å². The highest BCUT2D eigenvalue weighted by atomic mass is 16.1. The van der Waals surface area contributed by atoms with Gasteiger partial charge in [0.05, 0.1) is 0 Å². The zero-order valence-electron chi connectivity index (χ0n) is 3.82. The van der Waals surface area contributed by atoms with Gasteiger partial charge < -0.3 is 0 Å². The van der Waals surface area contributed by atoms with E-state index >= 15 is 0 Å². The van der Waals surface area contributed by atoms with Crippen LogP contribution in [0.2, 0.25) is 0 Å². The molecule has 0 unspecified atom stereocenters. The summed E-state index contributed by atoms with van der Waals surface area (Å²) >= 11 is 0. The Kier molecular flexibility index (Phi) is 0.536. The summed E-state index contributed by atoms with van der Waals surface area (Å²) in [5.74, 6) is 0. The van der Waals surface area contributed by atoms with Crippen LogP contribution in [0, 0.1) is 5.41 Å². The van der Waals surface area contributed by atoms with Gasteiger partial charge in [-0.1, -0.05) is 6.92 Å². The van der Waals surface area contributed by atoms with Crippen LogP contribution in [0.3, 0.4) is 0 Å². The van der Waals surface area contributed by atoms with Crippen molar-refractivity contribution in [2.45, 2.75) is 19.8 Å². The summed E-state index contributed by atoms with van der Waals surface area (Å²) in [7, 11) is 0. The minimum absolute atomic E-state index is 0.0139. The second kappa shape index (κ2) is 0.837. The minimum Gasteiger partial charge on any atom is -0.290 e. The molecule has 1 fully saturated rings. The molecular weight excluding hydrogens is 76.1 g/mol. The van der Waals surface area contributed by atoms with E-state index in [2.05, 4.69) is 0 Å². The maximum Gasteiger partial charge on any atom is 0.204 e. The van der Waals surface area contributed by atoms with Crippen LogP contribution in [0.5, 0.6) is 0 Å². The Bertz CT molecular complexity index is 72.0. The van der Waals surface area contributed by atoms with Gasteiger partial charge in [0.15, 0.2) is 0 Å². The van der Waals surface area contributed by atoms with E-state index < -0.39 is 0 Å². The van der Waals surface area contributed by atoms with Crippen LogP contribution in [0.4, 0.5) is 0 Å². The maximum absolute atomic E-state index is 9.76. The van der Waals surface area contributed by atoms with Gasteiger partial charge in [-0.3, -0.25) is 4.79 Å². The predicted octanol–water partition coefficient (Wildman–Crippen LogP) is 0.896. The third kappa shape index (κ3) is 0.445. The zero-order valence-corrected chi connectivity index (χ0v) is 3.82. The predicted molar refractivity (Wildman–Crippen MR) is 23.0 cm³/mol. The molecule has 0 amide bonds. The van der Waals surface area contributed by atoms with E-state index in [1.807, 2.05) is 13.2 Å². The van der Waals surface area contributed by atoms with Crippen LogP contribution < -0.4 is 0 Å². The minimum atomic E-state index is -0.0139. The van der Waals surface area contributed by atoms with Crippen molar-refractivity contribution in [1.29, 1.82) is 0 Å². The Labute approximate surface area is 37.4 Å². The molecule has 6 heavy (non-hydrogen) atoms. The SMILES string of the molecule is CC1([C]=O)CC1. The molecule has 1 heteroatoms. The smallest absolute Gasteiger partial charge is 0.204 e. The first-order chi connectivity index (χ1) is 2.77. The molecule has 1 rings (SSSR count). The standard InChI is InChI=1S/C5H7O/c1-5(4-6)2-3-5/h2-3H2,1H3. The first-order valence-electron chi connectivity index (χ1n) is 2.16. The van der Waals surface area contributed by atoms with Gasteiger partial charge in [-0.15, -0.1) is 0 Å². The zero-order chi connectivity index (χ0) is 4.62. The van der Waals surface area contributed by atoms with Crippen molar-refractivity contribution in [3.8, 4) is 0 Å². The molecule has 0 atom stereocenters. The van der Waals surface area contributed by atoms with E-state index in [-0.39, 0.29) is 5.41 Å². The third-order valence-electron chi connectivity index (χ3n) is 1.25. The lowest BCUT2D eigenvalue weighted by Crippen LogP contribution is -1.90. The highest BCUT2D eigenvalue weighted by molar-refractivity contribution is 5.63.